The van der Waals surface area contributed by atoms with Gasteiger partial charge in [0.1, 0.15) is 24.1 Å². The molecule has 208 valence electrons. The summed E-state index contributed by atoms with van der Waals surface area (Å²) >= 11 is 0. The van der Waals surface area contributed by atoms with Gasteiger partial charge in [0, 0.05) is 13.6 Å². The van der Waals surface area contributed by atoms with E-state index >= 15 is 0 Å². The Kier molecular flexibility index (Phi) is 9.95. The van der Waals surface area contributed by atoms with Crippen LogP contribution in [0.3, 0.4) is 0 Å². The molecule has 10 heteroatoms. The van der Waals surface area contributed by atoms with Crippen LogP contribution < -0.4 is 19.1 Å². The van der Waals surface area contributed by atoms with Crippen LogP contribution >= 0.6 is 0 Å². The van der Waals surface area contributed by atoms with Gasteiger partial charge in [0.05, 0.1) is 24.8 Å². The molecular formula is C29H35N3O6S. The largest absolute Gasteiger partial charge is 0.497 e. The monoisotopic (exact) mass is 553 g/mol. The van der Waals surface area contributed by atoms with Crippen molar-refractivity contribution in [2.45, 2.75) is 37.8 Å². The van der Waals surface area contributed by atoms with Crippen LogP contribution in [-0.4, -0.2) is 59.0 Å². The number of nitrogens with zero attached hydrogens (tertiary/aromatic N) is 2. The van der Waals surface area contributed by atoms with Gasteiger partial charge in [-0.05, 0) is 60.9 Å². The number of ether oxygens (including phenoxy) is 2. The molecule has 0 saturated heterocycles. The van der Waals surface area contributed by atoms with E-state index in [1.165, 1.54) is 31.2 Å². The van der Waals surface area contributed by atoms with Crippen LogP contribution in [0.15, 0.2) is 77.7 Å². The maximum absolute atomic E-state index is 14.0. The van der Waals surface area contributed by atoms with Gasteiger partial charge in [-0.3, -0.25) is 13.9 Å². The minimum absolute atomic E-state index is 0.0269. The molecule has 39 heavy (non-hydrogen) atoms. The fraction of sp³-hybridized carbons (Fsp3) is 0.310. The molecule has 3 aromatic carbocycles. The number of benzene rings is 3. The molecule has 0 spiro atoms. The summed E-state index contributed by atoms with van der Waals surface area (Å²) in [5.41, 5.74) is 1.75. The average Bonchev–Trinajstić information content (AvgIpc) is 2.95. The predicted octanol–water partition coefficient (Wildman–Crippen LogP) is 3.76. The zero-order valence-electron chi connectivity index (χ0n) is 22.9. The van der Waals surface area contributed by atoms with Gasteiger partial charge in [-0.1, -0.05) is 43.3 Å². The molecule has 9 nitrogen and oxygen atoms in total. The Balaban J connectivity index is 2.12. The van der Waals surface area contributed by atoms with Crippen LogP contribution in [0.4, 0.5) is 5.69 Å². The maximum atomic E-state index is 14.0. The van der Waals surface area contributed by atoms with Gasteiger partial charge in [0.15, 0.2) is 0 Å². The summed E-state index contributed by atoms with van der Waals surface area (Å²) < 4.78 is 39.7. The summed E-state index contributed by atoms with van der Waals surface area (Å²) in [4.78, 5) is 28.3. The molecule has 1 N–H and O–H groups in total. The lowest BCUT2D eigenvalue weighted by molar-refractivity contribution is -0.140. The third kappa shape index (κ3) is 6.88. The van der Waals surface area contributed by atoms with Gasteiger partial charge in [0.2, 0.25) is 11.8 Å². The molecule has 0 unspecified atom stereocenters. The molecule has 0 heterocycles. The second-order valence-electron chi connectivity index (χ2n) is 8.91. The van der Waals surface area contributed by atoms with E-state index in [1.54, 1.807) is 68.6 Å². The molecule has 1 atom stereocenters. The summed E-state index contributed by atoms with van der Waals surface area (Å²) in [6, 6.07) is 19.4. The first kappa shape index (κ1) is 29.5. The number of aryl methyl sites for hydroxylation is 1. The SMILES string of the molecule is CC[C@@H](C(=O)NC)N(Cc1cccc(OC)c1)C(=O)CN(c1cc(C)ccc1OC)S(=O)(=O)c1ccccc1. The first-order valence-electron chi connectivity index (χ1n) is 12.5. The Morgan fingerprint density at radius 1 is 0.949 bits per heavy atom. The standard InChI is InChI=1S/C29H35N3O6S/c1-6-25(29(34)30-3)31(19-22-11-10-12-23(18-22)37-4)28(33)20-32(26-17-21(2)15-16-27(26)38-5)39(35,36)24-13-8-7-9-14-24/h7-18,25H,6,19-20H2,1-5H3,(H,30,34)/t25-/m0/s1. The van der Waals surface area contributed by atoms with Crippen LogP contribution in [0.25, 0.3) is 0 Å². The molecule has 3 aromatic rings. The molecule has 2 amide bonds. The lowest BCUT2D eigenvalue weighted by Gasteiger charge is -2.33. The minimum Gasteiger partial charge on any atom is -0.497 e. The molecule has 0 fully saturated rings. The molecule has 0 aliphatic carbocycles. The normalized spacial score (nSPS) is 11.8. The summed E-state index contributed by atoms with van der Waals surface area (Å²) in [5.74, 6) is 0.00643. The topological polar surface area (TPSA) is 105 Å². The molecule has 0 saturated carbocycles. The lowest BCUT2D eigenvalue weighted by atomic mass is 10.1. The Labute approximate surface area is 230 Å². The average molecular weight is 554 g/mol. The van der Waals surface area contributed by atoms with Crippen LogP contribution in [0.2, 0.25) is 0 Å². The van der Waals surface area contributed by atoms with E-state index < -0.39 is 28.5 Å². The second kappa shape index (κ2) is 13.1. The Morgan fingerprint density at radius 2 is 1.67 bits per heavy atom. The van der Waals surface area contributed by atoms with Crippen molar-refractivity contribution in [2.24, 2.45) is 0 Å². The van der Waals surface area contributed by atoms with E-state index in [4.69, 9.17) is 9.47 Å². The maximum Gasteiger partial charge on any atom is 0.264 e. The molecule has 0 aromatic heterocycles. The molecule has 0 aliphatic rings. The molecule has 0 aliphatic heterocycles. The quantitative estimate of drug-likeness (QED) is 0.366. The fourth-order valence-electron chi connectivity index (χ4n) is 4.28. The van der Waals surface area contributed by atoms with Crippen molar-refractivity contribution in [1.82, 2.24) is 10.2 Å². The number of hydrogen-bond acceptors (Lipinski definition) is 6. The van der Waals surface area contributed by atoms with E-state index in [2.05, 4.69) is 5.32 Å². The highest BCUT2D eigenvalue weighted by atomic mass is 32.2. The number of carbonyl (C=O) groups is 2. The number of nitrogens with one attached hydrogen (secondary N) is 1. The lowest BCUT2D eigenvalue weighted by Crippen LogP contribution is -2.51. The summed E-state index contributed by atoms with van der Waals surface area (Å²) in [5, 5.41) is 2.62. The van der Waals surface area contributed by atoms with E-state index in [0.717, 1.165) is 15.4 Å². The smallest absolute Gasteiger partial charge is 0.264 e. The van der Waals surface area contributed by atoms with Gasteiger partial charge in [-0.25, -0.2) is 8.42 Å². The molecule has 0 bridgehead atoms. The fourth-order valence-corrected chi connectivity index (χ4v) is 5.72. The van der Waals surface area contributed by atoms with E-state index in [9.17, 15) is 18.0 Å². The summed E-state index contributed by atoms with van der Waals surface area (Å²) in [7, 11) is 0.301. The number of likely N-dealkylation sites (N-methyl/N-ethyl adjacent to an activating group) is 1. The predicted molar refractivity (Wildman–Crippen MR) is 150 cm³/mol. The Hall–Kier alpha value is -4.05. The molecule has 0 radical (unpaired) electrons. The van der Waals surface area contributed by atoms with Crippen LogP contribution in [0.5, 0.6) is 11.5 Å². The number of anilines is 1. The minimum atomic E-state index is -4.19. The van der Waals surface area contributed by atoms with Gasteiger partial charge in [-0.15, -0.1) is 0 Å². The number of carbonyl (C=O) groups excluding carboxylic acids is 2. The van der Waals surface area contributed by atoms with Gasteiger partial charge >= 0.3 is 0 Å². The van der Waals surface area contributed by atoms with Crippen LogP contribution in [-0.2, 0) is 26.2 Å². The number of amides is 2. The summed E-state index contributed by atoms with van der Waals surface area (Å²) in [6.07, 6.45) is 0.328. The van der Waals surface area contributed by atoms with Crippen molar-refractivity contribution >= 4 is 27.5 Å². The highest BCUT2D eigenvalue weighted by Crippen LogP contribution is 2.33. The van der Waals surface area contributed by atoms with E-state index in [-0.39, 0.29) is 23.0 Å². The molecule has 3 rings (SSSR count). The van der Waals surface area contributed by atoms with Crippen LogP contribution in [0, 0.1) is 6.92 Å². The van der Waals surface area contributed by atoms with Gasteiger partial charge in [0.25, 0.3) is 10.0 Å². The van der Waals surface area contributed by atoms with Gasteiger partial charge < -0.3 is 19.7 Å². The highest BCUT2D eigenvalue weighted by Gasteiger charge is 2.34. The number of hydrogen-bond donors (Lipinski definition) is 1. The third-order valence-corrected chi connectivity index (χ3v) is 8.11. The van der Waals surface area contributed by atoms with Crippen LogP contribution in [0.1, 0.15) is 24.5 Å². The highest BCUT2D eigenvalue weighted by molar-refractivity contribution is 7.92. The summed E-state index contributed by atoms with van der Waals surface area (Å²) in [6.45, 7) is 3.15. The molecular weight excluding hydrogens is 518 g/mol. The Morgan fingerprint density at radius 3 is 2.28 bits per heavy atom. The van der Waals surface area contributed by atoms with Crippen molar-refractivity contribution < 1.29 is 27.5 Å². The zero-order valence-corrected chi connectivity index (χ0v) is 23.7. The van der Waals surface area contributed by atoms with Crippen molar-refractivity contribution in [3.05, 3.63) is 83.9 Å². The first-order chi connectivity index (χ1) is 18.7. The van der Waals surface area contributed by atoms with E-state index in [0.29, 0.717) is 17.9 Å². The van der Waals surface area contributed by atoms with Crippen molar-refractivity contribution in [3.8, 4) is 11.5 Å². The first-order valence-corrected chi connectivity index (χ1v) is 14.0. The van der Waals surface area contributed by atoms with Crippen molar-refractivity contribution in [2.75, 3.05) is 32.1 Å². The number of rotatable bonds is 12. The van der Waals surface area contributed by atoms with E-state index in [1.807, 2.05) is 13.0 Å². The zero-order chi connectivity index (χ0) is 28.6. The third-order valence-electron chi connectivity index (χ3n) is 6.33. The number of methoxy groups -OCH3 is 2. The Bertz CT molecular complexity index is 1400. The van der Waals surface area contributed by atoms with Gasteiger partial charge in [-0.2, -0.15) is 0 Å². The van der Waals surface area contributed by atoms with Crippen molar-refractivity contribution in [3.63, 3.8) is 0 Å². The number of sulfonamides is 1. The van der Waals surface area contributed by atoms with Crippen molar-refractivity contribution in [1.29, 1.82) is 0 Å². The second-order valence-corrected chi connectivity index (χ2v) is 10.8.